The molecule has 3 aromatic carbocycles. The summed E-state index contributed by atoms with van der Waals surface area (Å²) in [6.07, 6.45) is 3.57. The summed E-state index contributed by atoms with van der Waals surface area (Å²) >= 11 is 0. The van der Waals surface area contributed by atoms with Crippen LogP contribution in [0.5, 0.6) is 11.5 Å². The van der Waals surface area contributed by atoms with Crippen LogP contribution in [0.4, 0.5) is 0 Å². The number of hydrogen-bond donors (Lipinski definition) is 0. The van der Waals surface area contributed by atoms with Gasteiger partial charge < -0.3 is 18.9 Å². The molecular weight excluding hydrogens is 404 g/mol. The van der Waals surface area contributed by atoms with Gasteiger partial charge in [-0.15, -0.1) is 0 Å². The molecule has 32 heavy (non-hydrogen) atoms. The van der Waals surface area contributed by atoms with Crippen molar-refractivity contribution in [3.05, 3.63) is 90.4 Å². The van der Waals surface area contributed by atoms with Crippen LogP contribution < -0.4 is 9.47 Å². The van der Waals surface area contributed by atoms with Gasteiger partial charge in [-0.25, -0.2) is 9.97 Å². The Morgan fingerprint density at radius 3 is 2.47 bits per heavy atom. The number of rotatable bonds is 6. The Morgan fingerprint density at radius 2 is 1.66 bits per heavy atom. The molecule has 0 aliphatic carbocycles. The molecule has 1 aliphatic rings. The molecule has 5 rings (SSSR count). The van der Waals surface area contributed by atoms with E-state index in [9.17, 15) is 0 Å². The number of methoxy groups -OCH3 is 2. The maximum Gasteiger partial charge on any atom is 0.244 e. The maximum atomic E-state index is 6.07. The summed E-state index contributed by atoms with van der Waals surface area (Å²) in [5.41, 5.74) is 4.62. The van der Waals surface area contributed by atoms with Crippen molar-refractivity contribution < 1.29 is 18.9 Å². The van der Waals surface area contributed by atoms with Crippen molar-refractivity contribution in [1.29, 1.82) is 0 Å². The Balaban J connectivity index is 1.46. The summed E-state index contributed by atoms with van der Waals surface area (Å²) in [4.78, 5) is 8.97. The highest BCUT2D eigenvalue weighted by Crippen LogP contribution is 2.35. The SMILES string of the molecule is COc1ccc(-c2ncnc3ccc(C4=COC(Cc5ccccc5)O4)cc23)cc1OC. The van der Waals surface area contributed by atoms with E-state index in [4.69, 9.17) is 18.9 Å². The van der Waals surface area contributed by atoms with Gasteiger partial charge in [0.05, 0.1) is 25.4 Å². The van der Waals surface area contributed by atoms with Crippen LogP contribution in [-0.2, 0) is 15.9 Å². The maximum absolute atomic E-state index is 6.07. The van der Waals surface area contributed by atoms with E-state index in [0.717, 1.165) is 33.3 Å². The third kappa shape index (κ3) is 3.83. The Morgan fingerprint density at radius 1 is 0.844 bits per heavy atom. The van der Waals surface area contributed by atoms with E-state index < -0.39 is 0 Å². The molecule has 0 N–H and O–H groups in total. The van der Waals surface area contributed by atoms with E-state index in [1.807, 2.05) is 54.6 Å². The Hall–Kier alpha value is -4.06. The molecule has 4 aromatic rings. The van der Waals surface area contributed by atoms with Crippen molar-refractivity contribution in [2.45, 2.75) is 12.7 Å². The molecule has 1 aromatic heterocycles. The van der Waals surface area contributed by atoms with Crippen LogP contribution in [0.3, 0.4) is 0 Å². The Labute approximate surface area is 186 Å². The summed E-state index contributed by atoms with van der Waals surface area (Å²) in [6, 6.07) is 21.9. The van der Waals surface area contributed by atoms with Gasteiger partial charge in [0.2, 0.25) is 6.29 Å². The van der Waals surface area contributed by atoms with Gasteiger partial charge >= 0.3 is 0 Å². The number of fused-ring (bicyclic) bond motifs is 1. The quantitative estimate of drug-likeness (QED) is 0.421. The summed E-state index contributed by atoms with van der Waals surface area (Å²) in [7, 11) is 3.24. The lowest BCUT2D eigenvalue weighted by atomic mass is 10.0. The summed E-state index contributed by atoms with van der Waals surface area (Å²) in [5.74, 6) is 2.00. The zero-order valence-electron chi connectivity index (χ0n) is 17.8. The zero-order chi connectivity index (χ0) is 21.9. The second-order valence-corrected chi connectivity index (χ2v) is 7.38. The smallest absolute Gasteiger partial charge is 0.244 e. The number of hydrogen-bond acceptors (Lipinski definition) is 6. The van der Waals surface area contributed by atoms with Crippen molar-refractivity contribution in [2.75, 3.05) is 14.2 Å². The molecule has 0 bridgehead atoms. The van der Waals surface area contributed by atoms with E-state index in [0.29, 0.717) is 23.7 Å². The normalized spacial score (nSPS) is 15.1. The molecule has 6 nitrogen and oxygen atoms in total. The van der Waals surface area contributed by atoms with E-state index in [1.54, 1.807) is 26.8 Å². The summed E-state index contributed by atoms with van der Waals surface area (Å²) in [5, 5.41) is 0.910. The lowest BCUT2D eigenvalue weighted by Crippen LogP contribution is -2.11. The van der Waals surface area contributed by atoms with Gasteiger partial charge in [0.15, 0.2) is 17.3 Å². The van der Waals surface area contributed by atoms with Crippen LogP contribution in [-0.4, -0.2) is 30.5 Å². The zero-order valence-corrected chi connectivity index (χ0v) is 17.8. The van der Waals surface area contributed by atoms with Crippen molar-refractivity contribution >= 4 is 16.7 Å². The fraction of sp³-hybridized carbons (Fsp3) is 0.154. The van der Waals surface area contributed by atoms with Crippen molar-refractivity contribution in [1.82, 2.24) is 9.97 Å². The summed E-state index contributed by atoms with van der Waals surface area (Å²) in [6.45, 7) is 0. The highest BCUT2D eigenvalue weighted by atomic mass is 16.7. The van der Waals surface area contributed by atoms with Crippen LogP contribution in [0.1, 0.15) is 11.1 Å². The van der Waals surface area contributed by atoms with Gasteiger partial charge in [-0.1, -0.05) is 30.3 Å². The molecule has 0 amide bonds. The number of benzene rings is 3. The standard InChI is InChI=1S/C26H22N2O4/c1-29-22-11-9-19(14-23(22)30-2)26-20-13-18(8-10-21(20)27-16-28-26)24-15-31-25(32-24)12-17-6-4-3-5-7-17/h3-11,13-16,25H,12H2,1-2H3. The Kier molecular flexibility index (Phi) is 5.34. The third-order valence-electron chi connectivity index (χ3n) is 5.41. The molecule has 0 radical (unpaired) electrons. The van der Waals surface area contributed by atoms with Gasteiger partial charge in [-0.05, 0) is 42.0 Å². The van der Waals surface area contributed by atoms with Crippen LogP contribution in [0.2, 0.25) is 0 Å². The van der Waals surface area contributed by atoms with Gasteiger partial charge in [-0.2, -0.15) is 0 Å². The van der Waals surface area contributed by atoms with Gasteiger partial charge in [-0.3, -0.25) is 0 Å². The first-order valence-electron chi connectivity index (χ1n) is 10.3. The summed E-state index contributed by atoms with van der Waals surface area (Å²) < 4.78 is 22.7. The molecule has 1 aliphatic heterocycles. The average Bonchev–Trinajstić information content (AvgIpc) is 3.32. The molecule has 0 spiro atoms. The van der Waals surface area contributed by atoms with Gasteiger partial charge in [0.1, 0.15) is 12.6 Å². The van der Waals surface area contributed by atoms with Crippen LogP contribution in [0.15, 0.2) is 79.3 Å². The minimum Gasteiger partial charge on any atom is -0.493 e. The molecular formula is C26H22N2O4. The second kappa shape index (κ2) is 8.59. The van der Waals surface area contributed by atoms with Crippen LogP contribution in [0.25, 0.3) is 27.9 Å². The molecule has 1 atom stereocenters. The highest BCUT2D eigenvalue weighted by Gasteiger charge is 2.22. The predicted molar refractivity (Wildman–Crippen MR) is 122 cm³/mol. The van der Waals surface area contributed by atoms with Crippen LogP contribution in [0, 0.1) is 0 Å². The fourth-order valence-corrected chi connectivity index (χ4v) is 3.79. The van der Waals surface area contributed by atoms with Crippen molar-refractivity contribution in [3.8, 4) is 22.8 Å². The fourth-order valence-electron chi connectivity index (χ4n) is 3.79. The van der Waals surface area contributed by atoms with Crippen molar-refractivity contribution in [3.63, 3.8) is 0 Å². The minimum absolute atomic E-state index is 0.347. The lowest BCUT2D eigenvalue weighted by molar-refractivity contribution is -0.0136. The lowest BCUT2D eigenvalue weighted by Gasteiger charge is -2.13. The highest BCUT2D eigenvalue weighted by molar-refractivity contribution is 5.94. The van der Waals surface area contributed by atoms with E-state index >= 15 is 0 Å². The first kappa shape index (κ1) is 19.9. The molecule has 160 valence electrons. The van der Waals surface area contributed by atoms with Gasteiger partial charge in [0, 0.05) is 22.9 Å². The van der Waals surface area contributed by atoms with E-state index in [2.05, 4.69) is 22.1 Å². The van der Waals surface area contributed by atoms with E-state index in [1.165, 1.54) is 0 Å². The second-order valence-electron chi connectivity index (χ2n) is 7.38. The van der Waals surface area contributed by atoms with Crippen LogP contribution >= 0.6 is 0 Å². The number of ether oxygens (including phenoxy) is 4. The average molecular weight is 426 g/mol. The molecule has 1 unspecified atom stereocenters. The van der Waals surface area contributed by atoms with Crippen molar-refractivity contribution in [2.24, 2.45) is 0 Å². The number of aromatic nitrogens is 2. The molecule has 0 saturated carbocycles. The largest absolute Gasteiger partial charge is 0.493 e. The van der Waals surface area contributed by atoms with Gasteiger partial charge in [0.25, 0.3) is 0 Å². The first-order chi connectivity index (χ1) is 15.7. The van der Waals surface area contributed by atoms with E-state index in [-0.39, 0.29) is 6.29 Å². The molecule has 0 fully saturated rings. The minimum atomic E-state index is -0.347. The number of nitrogens with zero attached hydrogens (tertiary/aromatic N) is 2. The Bertz CT molecular complexity index is 1290. The monoisotopic (exact) mass is 426 g/mol. The molecule has 0 saturated heterocycles. The topological polar surface area (TPSA) is 62.7 Å². The third-order valence-corrected chi connectivity index (χ3v) is 5.41. The molecule has 2 heterocycles. The molecule has 6 heteroatoms. The first-order valence-corrected chi connectivity index (χ1v) is 10.3. The predicted octanol–water partition coefficient (Wildman–Crippen LogP) is 5.23.